The fourth-order valence-electron chi connectivity index (χ4n) is 1.80. The molecule has 3 N–H and O–H groups in total. The molecule has 19 heavy (non-hydrogen) atoms. The van der Waals surface area contributed by atoms with Gasteiger partial charge < -0.3 is 5.73 Å². The average Bonchev–Trinajstić information content (AvgIpc) is 2.84. The lowest BCUT2D eigenvalue weighted by Gasteiger charge is -2.08. The summed E-state index contributed by atoms with van der Waals surface area (Å²) in [4.78, 5) is 1.17. The van der Waals surface area contributed by atoms with Gasteiger partial charge in [0.2, 0.25) is 10.0 Å². The van der Waals surface area contributed by atoms with Crippen LogP contribution in [0.15, 0.2) is 40.6 Å². The second-order valence-electron chi connectivity index (χ2n) is 4.08. The predicted octanol–water partition coefficient (Wildman–Crippen LogP) is 2.37. The average molecular weight is 296 g/mol. The van der Waals surface area contributed by atoms with Gasteiger partial charge in [0.15, 0.2) is 0 Å². The molecule has 0 atom stereocenters. The smallest absolute Gasteiger partial charge is 0.242 e. The number of nitrogens with one attached hydrogen (secondary N) is 1. The van der Waals surface area contributed by atoms with Crippen molar-refractivity contribution < 1.29 is 8.42 Å². The fraction of sp³-hybridized carbons (Fsp3) is 0.231. The number of thiophene rings is 1. The Labute approximate surface area is 117 Å². The van der Waals surface area contributed by atoms with Crippen molar-refractivity contribution in [2.45, 2.75) is 24.8 Å². The molecule has 0 bridgehead atoms. The van der Waals surface area contributed by atoms with Crippen LogP contribution in [0.4, 0.5) is 5.69 Å². The van der Waals surface area contributed by atoms with Gasteiger partial charge >= 0.3 is 0 Å². The van der Waals surface area contributed by atoms with Gasteiger partial charge in [-0.25, -0.2) is 13.1 Å². The van der Waals surface area contributed by atoms with E-state index in [2.05, 4.69) is 11.6 Å². The number of aryl methyl sites for hydroxylation is 1. The van der Waals surface area contributed by atoms with E-state index in [9.17, 15) is 8.42 Å². The highest BCUT2D eigenvalue weighted by molar-refractivity contribution is 7.89. The maximum atomic E-state index is 12.2. The summed E-state index contributed by atoms with van der Waals surface area (Å²) in [6.45, 7) is 2.35. The van der Waals surface area contributed by atoms with Gasteiger partial charge in [-0.05, 0) is 35.6 Å². The van der Waals surface area contributed by atoms with Crippen molar-refractivity contribution in [1.82, 2.24) is 4.72 Å². The van der Waals surface area contributed by atoms with Crippen molar-refractivity contribution >= 4 is 27.0 Å². The number of nitrogens with two attached hydrogens (primary N) is 1. The first-order chi connectivity index (χ1) is 9.04. The minimum atomic E-state index is -3.56. The first-order valence-electron chi connectivity index (χ1n) is 5.94. The number of anilines is 1. The summed E-state index contributed by atoms with van der Waals surface area (Å²) in [7, 11) is -3.56. The lowest BCUT2D eigenvalue weighted by Crippen LogP contribution is -2.24. The number of rotatable bonds is 5. The monoisotopic (exact) mass is 296 g/mol. The van der Waals surface area contributed by atoms with Crippen molar-refractivity contribution in [3.63, 3.8) is 0 Å². The Hall–Kier alpha value is -1.37. The van der Waals surface area contributed by atoms with E-state index < -0.39 is 10.0 Å². The van der Waals surface area contributed by atoms with Gasteiger partial charge in [-0.15, -0.1) is 11.3 Å². The second kappa shape index (κ2) is 5.73. The van der Waals surface area contributed by atoms with Crippen LogP contribution < -0.4 is 10.5 Å². The molecule has 0 saturated heterocycles. The normalized spacial score (nSPS) is 11.6. The molecule has 0 unspecified atom stereocenters. The summed E-state index contributed by atoms with van der Waals surface area (Å²) < 4.78 is 26.9. The third-order valence-corrected chi connectivity index (χ3v) is 5.29. The lowest BCUT2D eigenvalue weighted by molar-refractivity contribution is 0.582. The molecular weight excluding hydrogens is 280 g/mol. The topological polar surface area (TPSA) is 72.2 Å². The van der Waals surface area contributed by atoms with Crippen LogP contribution in [0.1, 0.15) is 17.4 Å². The Morgan fingerprint density at radius 3 is 2.68 bits per heavy atom. The number of hydrogen-bond donors (Lipinski definition) is 2. The quantitative estimate of drug-likeness (QED) is 0.832. The van der Waals surface area contributed by atoms with Crippen LogP contribution in [-0.2, 0) is 23.0 Å². The van der Waals surface area contributed by atoms with Crippen LogP contribution in [0.5, 0.6) is 0 Å². The van der Waals surface area contributed by atoms with Gasteiger partial charge in [-0.3, -0.25) is 0 Å². The number of para-hydroxylation sites is 1. The molecule has 1 aromatic heterocycles. The molecule has 1 heterocycles. The first-order valence-corrected chi connectivity index (χ1v) is 8.30. The Kier molecular flexibility index (Phi) is 4.24. The lowest BCUT2D eigenvalue weighted by atomic mass is 10.2. The molecule has 0 aliphatic carbocycles. The molecule has 0 radical (unpaired) electrons. The van der Waals surface area contributed by atoms with E-state index in [1.807, 2.05) is 11.4 Å². The molecule has 1 aromatic carbocycles. The molecule has 0 fully saturated rings. The highest BCUT2D eigenvalue weighted by atomic mass is 32.2. The van der Waals surface area contributed by atoms with Gasteiger partial charge in [0, 0.05) is 11.4 Å². The van der Waals surface area contributed by atoms with Crippen LogP contribution in [-0.4, -0.2) is 8.42 Å². The predicted molar refractivity (Wildman–Crippen MR) is 78.6 cm³/mol. The SMILES string of the molecule is CCc1ccsc1CNS(=O)(=O)c1ccccc1N. The van der Waals surface area contributed by atoms with Crippen molar-refractivity contribution in [3.8, 4) is 0 Å². The van der Waals surface area contributed by atoms with Gasteiger partial charge in [0.05, 0.1) is 5.69 Å². The number of sulfonamides is 1. The third kappa shape index (κ3) is 3.15. The standard InChI is InChI=1S/C13H16N2O2S2/c1-2-10-7-8-18-12(10)9-15-19(16,17)13-6-4-3-5-11(13)14/h3-8,15H,2,9,14H2,1H3. The number of nitrogen functional groups attached to an aromatic ring is 1. The molecule has 6 heteroatoms. The van der Waals surface area contributed by atoms with Gasteiger partial charge in [-0.1, -0.05) is 19.1 Å². The van der Waals surface area contributed by atoms with E-state index in [4.69, 9.17) is 5.73 Å². The molecular formula is C13H16N2O2S2. The molecule has 2 aromatic rings. The van der Waals surface area contributed by atoms with E-state index >= 15 is 0 Å². The van der Waals surface area contributed by atoms with Crippen LogP contribution in [0.25, 0.3) is 0 Å². The number of benzene rings is 1. The van der Waals surface area contributed by atoms with Crippen LogP contribution in [0.3, 0.4) is 0 Å². The summed E-state index contributed by atoms with van der Waals surface area (Å²) >= 11 is 1.56. The summed E-state index contributed by atoms with van der Waals surface area (Å²) in [5.41, 5.74) is 7.13. The minimum Gasteiger partial charge on any atom is -0.398 e. The summed E-state index contributed by atoms with van der Waals surface area (Å²) in [5, 5.41) is 1.97. The van der Waals surface area contributed by atoms with Crippen molar-refractivity contribution in [2.24, 2.45) is 0 Å². The van der Waals surface area contributed by atoms with Crippen molar-refractivity contribution in [2.75, 3.05) is 5.73 Å². The summed E-state index contributed by atoms with van der Waals surface area (Å²) in [6, 6.07) is 8.48. The molecule has 4 nitrogen and oxygen atoms in total. The summed E-state index contributed by atoms with van der Waals surface area (Å²) in [5.74, 6) is 0. The van der Waals surface area contributed by atoms with Crippen LogP contribution >= 0.6 is 11.3 Å². The zero-order valence-corrected chi connectivity index (χ0v) is 12.2. The molecule has 0 aliphatic heterocycles. The maximum Gasteiger partial charge on any atom is 0.242 e. The van der Waals surface area contributed by atoms with Gasteiger partial charge in [0.25, 0.3) is 0 Å². The van der Waals surface area contributed by atoms with E-state index in [-0.39, 0.29) is 10.6 Å². The highest BCUT2D eigenvalue weighted by Gasteiger charge is 2.17. The number of hydrogen-bond acceptors (Lipinski definition) is 4. The molecule has 0 amide bonds. The Morgan fingerprint density at radius 1 is 1.26 bits per heavy atom. The molecule has 0 spiro atoms. The third-order valence-electron chi connectivity index (χ3n) is 2.85. The van der Waals surface area contributed by atoms with Crippen LogP contribution in [0.2, 0.25) is 0 Å². The van der Waals surface area contributed by atoms with E-state index in [0.29, 0.717) is 6.54 Å². The maximum absolute atomic E-state index is 12.2. The van der Waals surface area contributed by atoms with Gasteiger partial charge in [0.1, 0.15) is 4.90 Å². The highest BCUT2D eigenvalue weighted by Crippen LogP contribution is 2.20. The Balaban J connectivity index is 2.17. The molecule has 102 valence electrons. The van der Waals surface area contributed by atoms with Crippen LogP contribution in [0, 0.1) is 0 Å². The second-order valence-corrected chi connectivity index (χ2v) is 6.82. The molecule has 0 aliphatic rings. The zero-order chi connectivity index (χ0) is 13.9. The first kappa shape index (κ1) is 14.0. The largest absolute Gasteiger partial charge is 0.398 e. The van der Waals surface area contributed by atoms with Crippen molar-refractivity contribution in [1.29, 1.82) is 0 Å². The minimum absolute atomic E-state index is 0.129. The Morgan fingerprint density at radius 2 is 2.00 bits per heavy atom. The molecule has 0 saturated carbocycles. The van der Waals surface area contributed by atoms with Crippen molar-refractivity contribution in [3.05, 3.63) is 46.2 Å². The van der Waals surface area contributed by atoms with E-state index in [1.165, 1.54) is 11.6 Å². The molecule has 2 rings (SSSR count). The fourth-order valence-corrected chi connectivity index (χ4v) is 3.93. The Bertz CT molecular complexity index is 663. The zero-order valence-electron chi connectivity index (χ0n) is 10.6. The van der Waals surface area contributed by atoms with E-state index in [1.54, 1.807) is 29.5 Å². The van der Waals surface area contributed by atoms with Gasteiger partial charge in [-0.2, -0.15) is 0 Å². The van der Waals surface area contributed by atoms with E-state index in [0.717, 1.165) is 11.3 Å². The summed E-state index contributed by atoms with van der Waals surface area (Å²) in [6.07, 6.45) is 0.897.